The van der Waals surface area contributed by atoms with Crippen molar-refractivity contribution in [3.05, 3.63) is 69.3 Å². The van der Waals surface area contributed by atoms with E-state index in [1.165, 1.54) is 9.13 Å². The minimum atomic E-state index is 0.294. The number of nitrogens with zero attached hydrogens (tertiary/aromatic N) is 1. The van der Waals surface area contributed by atoms with E-state index >= 15 is 0 Å². The zero-order chi connectivity index (χ0) is 16.1. The molecular weight excluding hydrogens is 397 g/mol. The molecule has 0 atom stereocenters. The molecule has 0 amide bonds. The van der Waals surface area contributed by atoms with Gasteiger partial charge in [0.05, 0.1) is 0 Å². The molecule has 2 aromatic carbocycles. The van der Waals surface area contributed by atoms with Crippen molar-refractivity contribution in [1.82, 2.24) is 4.90 Å². The van der Waals surface area contributed by atoms with Crippen molar-refractivity contribution in [3.63, 3.8) is 0 Å². The second-order valence-electron chi connectivity index (χ2n) is 6.34. The number of hydrogen-bond acceptors (Lipinski definition) is 2. The Bertz CT molecular complexity index is 630. The molecule has 23 heavy (non-hydrogen) atoms. The number of piperidine rings is 1. The fourth-order valence-electron chi connectivity index (χ4n) is 3.21. The summed E-state index contributed by atoms with van der Waals surface area (Å²) in [5.74, 6) is 0.830. The van der Waals surface area contributed by atoms with Crippen LogP contribution >= 0.6 is 22.6 Å². The first-order valence-corrected chi connectivity index (χ1v) is 9.33. The maximum atomic E-state index is 12.4. The average Bonchev–Trinajstić information content (AvgIpc) is 2.58. The van der Waals surface area contributed by atoms with Crippen molar-refractivity contribution in [3.8, 4) is 0 Å². The monoisotopic (exact) mass is 419 g/mol. The Morgan fingerprint density at radius 2 is 1.65 bits per heavy atom. The Kier molecular flexibility index (Phi) is 5.84. The van der Waals surface area contributed by atoms with Gasteiger partial charge in [-0.05, 0) is 72.1 Å². The highest BCUT2D eigenvalue weighted by Crippen LogP contribution is 2.23. The lowest BCUT2D eigenvalue weighted by Crippen LogP contribution is -2.33. The molecule has 1 fully saturated rings. The number of halogens is 1. The number of likely N-dealkylation sites (tertiary alicyclic amines) is 1. The van der Waals surface area contributed by atoms with Gasteiger partial charge in [0.1, 0.15) is 0 Å². The van der Waals surface area contributed by atoms with Gasteiger partial charge >= 0.3 is 0 Å². The highest BCUT2D eigenvalue weighted by Gasteiger charge is 2.22. The molecule has 2 nitrogen and oxygen atoms in total. The molecule has 0 saturated carbocycles. The molecule has 0 spiro atoms. The normalized spacial score (nSPS) is 16.4. The van der Waals surface area contributed by atoms with E-state index in [2.05, 4.69) is 57.8 Å². The third kappa shape index (κ3) is 4.88. The molecule has 0 radical (unpaired) electrons. The van der Waals surface area contributed by atoms with Crippen molar-refractivity contribution < 1.29 is 4.79 Å². The number of carbonyl (C=O) groups excluding carboxylic acids is 1. The number of rotatable bonds is 5. The van der Waals surface area contributed by atoms with Crippen molar-refractivity contribution >= 4 is 28.4 Å². The molecule has 0 bridgehead atoms. The second-order valence-corrected chi connectivity index (χ2v) is 7.58. The Balaban J connectivity index is 1.47. The summed E-state index contributed by atoms with van der Waals surface area (Å²) in [6.45, 7) is 3.22. The first-order valence-electron chi connectivity index (χ1n) is 8.26. The van der Waals surface area contributed by atoms with Gasteiger partial charge in [-0.25, -0.2) is 0 Å². The van der Waals surface area contributed by atoms with Gasteiger partial charge in [-0.2, -0.15) is 0 Å². The molecule has 1 aliphatic heterocycles. The van der Waals surface area contributed by atoms with E-state index in [9.17, 15) is 4.79 Å². The summed E-state index contributed by atoms with van der Waals surface area (Å²) >= 11 is 2.27. The Labute approximate surface area is 152 Å². The summed E-state index contributed by atoms with van der Waals surface area (Å²) in [4.78, 5) is 14.9. The first-order chi connectivity index (χ1) is 11.2. The molecule has 0 unspecified atom stereocenters. The Morgan fingerprint density at radius 3 is 2.30 bits per heavy atom. The van der Waals surface area contributed by atoms with Crippen LogP contribution in [0, 0.1) is 9.49 Å². The van der Waals surface area contributed by atoms with Gasteiger partial charge in [0.2, 0.25) is 0 Å². The lowest BCUT2D eigenvalue weighted by atomic mass is 9.89. The molecular formula is C20H22INO. The van der Waals surface area contributed by atoms with Crippen LogP contribution in [0.4, 0.5) is 0 Å². The number of benzene rings is 2. The summed E-state index contributed by atoms with van der Waals surface area (Å²) in [6.07, 6.45) is 2.95. The van der Waals surface area contributed by atoms with Gasteiger partial charge in [0.15, 0.2) is 5.78 Å². The summed E-state index contributed by atoms with van der Waals surface area (Å²) in [5.41, 5.74) is 2.23. The van der Waals surface area contributed by atoms with Crippen LogP contribution in [-0.4, -0.2) is 23.8 Å². The number of Topliss-reactive ketones (excluding diaryl/α,β-unsaturated/α-hetero) is 1. The molecule has 3 rings (SSSR count). The van der Waals surface area contributed by atoms with Crippen molar-refractivity contribution in [2.45, 2.75) is 25.8 Å². The lowest BCUT2D eigenvalue weighted by molar-refractivity contribution is 0.0925. The van der Waals surface area contributed by atoms with Crippen LogP contribution in [0.5, 0.6) is 0 Å². The molecule has 0 aromatic heterocycles. The van der Waals surface area contributed by atoms with E-state index in [0.717, 1.165) is 38.0 Å². The third-order valence-electron chi connectivity index (χ3n) is 4.60. The first kappa shape index (κ1) is 16.7. The van der Waals surface area contributed by atoms with E-state index < -0.39 is 0 Å². The standard InChI is InChI=1S/C20H22INO/c21-19-8-6-18(7-9-19)20(23)14-16-10-12-22(13-11-16)15-17-4-2-1-3-5-17/h1-9,16H,10-15H2. The van der Waals surface area contributed by atoms with E-state index in [0.29, 0.717) is 18.1 Å². The van der Waals surface area contributed by atoms with E-state index in [-0.39, 0.29) is 0 Å². The molecule has 0 aliphatic carbocycles. The number of ketones is 1. The van der Waals surface area contributed by atoms with Crippen LogP contribution in [0.25, 0.3) is 0 Å². The number of carbonyl (C=O) groups is 1. The van der Waals surface area contributed by atoms with Crippen molar-refractivity contribution in [2.75, 3.05) is 13.1 Å². The number of hydrogen-bond donors (Lipinski definition) is 0. The summed E-state index contributed by atoms with van der Waals surface area (Å²) in [6, 6.07) is 18.6. The van der Waals surface area contributed by atoms with Gasteiger partial charge in [0.25, 0.3) is 0 Å². The van der Waals surface area contributed by atoms with Gasteiger partial charge in [0, 0.05) is 22.1 Å². The van der Waals surface area contributed by atoms with Gasteiger partial charge < -0.3 is 0 Å². The second kappa shape index (κ2) is 8.06. The third-order valence-corrected chi connectivity index (χ3v) is 5.32. The molecule has 2 aromatic rings. The smallest absolute Gasteiger partial charge is 0.163 e. The predicted molar refractivity (Wildman–Crippen MR) is 103 cm³/mol. The molecule has 1 heterocycles. The van der Waals surface area contributed by atoms with Crippen molar-refractivity contribution in [1.29, 1.82) is 0 Å². The molecule has 1 saturated heterocycles. The fraction of sp³-hybridized carbons (Fsp3) is 0.350. The largest absolute Gasteiger partial charge is 0.299 e. The molecule has 120 valence electrons. The predicted octanol–water partition coefficient (Wildman–Crippen LogP) is 4.78. The summed E-state index contributed by atoms with van der Waals surface area (Å²) < 4.78 is 1.17. The van der Waals surface area contributed by atoms with Crippen LogP contribution in [0.2, 0.25) is 0 Å². The van der Waals surface area contributed by atoms with Crippen LogP contribution in [0.15, 0.2) is 54.6 Å². The van der Waals surface area contributed by atoms with E-state index in [1.807, 2.05) is 24.3 Å². The zero-order valence-electron chi connectivity index (χ0n) is 13.2. The topological polar surface area (TPSA) is 20.3 Å². The molecule has 3 heteroatoms. The van der Waals surface area contributed by atoms with Crippen LogP contribution in [-0.2, 0) is 6.54 Å². The van der Waals surface area contributed by atoms with Gasteiger partial charge in [-0.1, -0.05) is 42.5 Å². The average molecular weight is 419 g/mol. The maximum absolute atomic E-state index is 12.4. The lowest BCUT2D eigenvalue weighted by Gasteiger charge is -2.31. The van der Waals surface area contributed by atoms with Gasteiger partial charge in [-0.3, -0.25) is 9.69 Å². The van der Waals surface area contributed by atoms with Gasteiger partial charge in [-0.15, -0.1) is 0 Å². The van der Waals surface area contributed by atoms with E-state index in [4.69, 9.17) is 0 Å². The fourth-order valence-corrected chi connectivity index (χ4v) is 3.57. The molecule has 0 N–H and O–H groups in total. The highest BCUT2D eigenvalue weighted by molar-refractivity contribution is 14.1. The van der Waals surface area contributed by atoms with Crippen molar-refractivity contribution in [2.24, 2.45) is 5.92 Å². The van der Waals surface area contributed by atoms with E-state index in [1.54, 1.807) is 0 Å². The maximum Gasteiger partial charge on any atom is 0.163 e. The minimum Gasteiger partial charge on any atom is -0.299 e. The quantitative estimate of drug-likeness (QED) is 0.514. The summed E-state index contributed by atoms with van der Waals surface area (Å²) in [5, 5.41) is 0. The summed E-state index contributed by atoms with van der Waals surface area (Å²) in [7, 11) is 0. The minimum absolute atomic E-state index is 0.294. The SMILES string of the molecule is O=C(CC1CCN(Cc2ccccc2)CC1)c1ccc(I)cc1. The highest BCUT2D eigenvalue weighted by atomic mass is 127. The van der Waals surface area contributed by atoms with Crippen LogP contribution in [0.3, 0.4) is 0 Å². The van der Waals surface area contributed by atoms with Crippen LogP contribution < -0.4 is 0 Å². The van der Waals surface area contributed by atoms with Crippen LogP contribution in [0.1, 0.15) is 35.2 Å². The Hall–Kier alpha value is -1.20. The Morgan fingerprint density at radius 1 is 1.00 bits per heavy atom. The zero-order valence-corrected chi connectivity index (χ0v) is 15.4. The molecule has 1 aliphatic rings.